The lowest BCUT2D eigenvalue weighted by Gasteiger charge is -2.32. The van der Waals surface area contributed by atoms with E-state index in [4.69, 9.17) is 0 Å². The van der Waals surface area contributed by atoms with E-state index in [1.54, 1.807) is 0 Å². The van der Waals surface area contributed by atoms with E-state index in [1.807, 2.05) is 4.90 Å². The number of halogens is 3. The molecule has 142 valence electrons. The average molecular weight is 368 g/mol. The molecule has 1 saturated heterocycles. The van der Waals surface area contributed by atoms with Crippen molar-refractivity contribution in [2.45, 2.75) is 38.6 Å². The van der Waals surface area contributed by atoms with Gasteiger partial charge in [-0.25, -0.2) is 13.2 Å². The molecule has 0 unspecified atom stereocenters. The molecule has 1 aliphatic rings. The number of amides is 1. The minimum absolute atomic E-state index is 0.108. The van der Waals surface area contributed by atoms with Crippen LogP contribution in [0.3, 0.4) is 0 Å². The highest BCUT2D eigenvalue weighted by molar-refractivity contribution is 6.36. The van der Waals surface area contributed by atoms with Crippen LogP contribution in [0.25, 0.3) is 0 Å². The fourth-order valence-electron chi connectivity index (χ4n) is 3.22. The molecule has 1 heterocycles. The lowest BCUT2D eigenvalue weighted by atomic mass is 9.91. The highest BCUT2D eigenvalue weighted by Crippen LogP contribution is 2.25. The molecule has 1 aromatic rings. The summed E-state index contributed by atoms with van der Waals surface area (Å²) in [5, 5.41) is 2.26. The van der Waals surface area contributed by atoms with Crippen LogP contribution in [0, 0.1) is 23.4 Å². The molecule has 4 nitrogen and oxygen atoms in total. The Labute approximate surface area is 151 Å². The number of rotatable bonds is 8. The van der Waals surface area contributed by atoms with Crippen molar-refractivity contribution >= 4 is 11.7 Å². The Morgan fingerprint density at radius 3 is 2.38 bits per heavy atom. The van der Waals surface area contributed by atoms with Gasteiger partial charge in [0.2, 0.25) is 5.78 Å². The predicted octanol–water partition coefficient (Wildman–Crippen LogP) is 3.32. The smallest absolute Gasteiger partial charge is 0.291 e. The minimum Gasteiger partial charge on any atom is -0.327 e. The van der Waals surface area contributed by atoms with Crippen LogP contribution < -0.4 is 5.32 Å². The first-order chi connectivity index (χ1) is 12.4. The second-order valence-corrected chi connectivity index (χ2v) is 6.56. The number of Topliss-reactive ketones (excluding diaryl/α,β-unsaturated/α-hetero) is 1. The van der Waals surface area contributed by atoms with Crippen molar-refractivity contribution in [1.29, 1.82) is 0 Å². The van der Waals surface area contributed by atoms with E-state index < -0.39 is 29.1 Å². The number of carbonyl (C=O) groups excluding carboxylic acids is 2. The van der Waals surface area contributed by atoms with E-state index >= 15 is 0 Å². The molecule has 1 aliphatic heterocycles. The monoisotopic (exact) mass is 368 g/mol. The van der Waals surface area contributed by atoms with Crippen LogP contribution in [0.1, 0.15) is 37.7 Å². The van der Waals surface area contributed by atoms with Gasteiger partial charge in [-0.05, 0) is 50.9 Å². The molecule has 1 N–H and O–H groups in total. The zero-order valence-electron chi connectivity index (χ0n) is 14.6. The number of carbonyl (C=O) groups is 2. The van der Waals surface area contributed by atoms with Gasteiger partial charge in [-0.15, -0.1) is 0 Å². The standard InChI is InChI=1S/C19H23F3N2O2/c1-2-23-19(26)18(25)5-3-4-13-6-8-24(9-7-13)12-15-16(21)10-14(20)11-17(15)22/h2,10-11,13H,1,3-9,12H2,(H,23,26). The summed E-state index contributed by atoms with van der Waals surface area (Å²) in [5.74, 6) is -3.31. The molecular formula is C19H23F3N2O2. The van der Waals surface area contributed by atoms with Gasteiger partial charge in [0, 0.05) is 30.7 Å². The van der Waals surface area contributed by atoms with Gasteiger partial charge >= 0.3 is 0 Å². The second kappa shape index (κ2) is 9.52. The highest BCUT2D eigenvalue weighted by Gasteiger charge is 2.22. The first-order valence-electron chi connectivity index (χ1n) is 8.71. The van der Waals surface area contributed by atoms with Gasteiger partial charge in [-0.2, -0.15) is 0 Å². The van der Waals surface area contributed by atoms with Crippen LogP contribution in [0.2, 0.25) is 0 Å². The minimum atomic E-state index is -0.918. The largest absolute Gasteiger partial charge is 0.327 e. The predicted molar refractivity (Wildman–Crippen MR) is 91.5 cm³/mol. The molecule has 1 fully saturated rings. The van der Waals surface area contributed by atoms with Crippen molar-refractivity contribution in [3.63, 3.8) is 0 Å². The molecule has 1 aromatic carbocycles. The Morgan fingerprint density at radius 1 is 1.19 bits per heavy atom. The lowest BCUT2D eigenvalue weighted by Crippen LogP contribution is -2.34. The summed E-state index contributed by atoms with van der Waals surface area (Å²) >= 11 is 0. The van der Waals surface area contributed by atoms with E-state index in [0.29, 0.717) is 37.6 Å². The number of piperidine rings is 1. The molecule has 0 spiro atoms. The van der Waals surface area contributed by atoms with Crippen LogP contribution >= 0.6 is 0 Å². The van der Waals surface area contributed by atoms with Crippen LogP contribution in [0.15, 0.2) is 24.9 Å². The van der Waals surface area contributed by atoms with E-state index in [-0.39, 0.29) is 18.5 Å². The normalized spacial score (nSPS) is 15.7. The van der Waals surface area contributed by atoms with E-state index in [2.05, 4.69) is 11.9 Å². The van der Waals surface area contributed by atoms with Gasteiger partial charge in [-0.3, -0.25) is 14.5 Å². The van der Waals surface area contributed by atoms with E-state index in [1.165, 1.54) is 6.20 Å². The summed E-state index contributed by atoms with van der Waals surface area (Å²) in [6, 6.07) is 1.40. The molecule has 7 heteroatoms. The summed E-state index contributed by atoms with van der Waals surface area (Å²) in [5.41, 5.74) is -0.108. The SMILES string of the molecule is C=CNC(=O)C(=O)CCCC1CCN(Cc2c(F)cc(F)cc2F)CC1. The molecule has 0 bridgehead atoms. The molecule has 0 saturated carbocycles. The maximum Gasteiger partial charge on any atom is 0.291 e. The third kappa shape index (κ3) is 5.69. The van der Waals surface area contributed by atoms with E-state index in [9.17, 15) is 22.8 Å². The fourth-order valence-corrected chi connectivity index (χ4v) is 3.22. The van der Waals surface area contributed by atoms with Crippen molar-refractivity contribution in [3.05, 3.63) is 47.9 Å². The Hall–Kier alpha value is -2.15. The van der Waals surface area contributed by atoms with Gasteiger partial charge in [0.05, 0.1) is 0 Å². The molecule has 26 heavy (non-hydrogen) atoms. The zero-order chi connectivity index (χ0) is 19.1. The molecule has 0 radical (unpaired) electrons. The molecule has 1 amide bonds. The van der Waals surface area contributed by atoms with Crippen molar-refractivity contribution in [2.75, 3.05) is 13.1 Å². The van der Waals surface area contributed by atoms with Gasteiger partial charge in [0.1, 0.15) is 17.5 Å². The van der Waals surface area contributed by atoms with Crippen molar-refractivity contribution < 1.29 is 22.8 Å². The first-order valence-corrected chi connectivity index (χ1v) is 8.71. The fraction of sp³-hybridized carbons (Fsp3) is 0.474. The van der Waals surface area contributed by atoms with Gasteiger partial charge in [-0.1, -0.05) is 6.58 Å². The quantitative estimate of drug-likeness (QED) is 0.716. The second-order valence-electron chi connectivity index (χ2n) is 6.56. The van der Waals surface area contributed by atoms with E-state index in [0.717, 1.165) is 19.3 Å². The summed E-state index contributed by atoms with van der Waals surface area (Å²) in [7, 11) is 0. The number of hydrogen-bond acceptors (Lipinski definition) is 3. The maximum atomic E-state index is 13.7. The highest BCUT2D eigenvalue weighted by atomic mass is 19.1. The van der Waals surface area contributed by atoms with Crippen LogP contribution in [0.5, 0.6) is 0 Å². The number of hydrogen-bond donors (Lipinski definition) is 1. The van der Waals surface area contributed by atoms with Crippen molar-refractivity contribution in [2.24, 2.45) is 5.92 Å². The summed E-state index contributed by atoms with van der Waals surface area (Å²) in [6.07, 6.45) is 4.57. The number of benzene rings is 1. The molecule has 0 aliphatic carbocycles. The zero-order valence-corrected chi connectivity index (χ0v) is 14.6. The average Bonchev–Trinajstić information content (AvgIpc) is 2.59. The van der Waals surface area contributed by atoms with Crippen molar-refractivity contribution in [3.8, 4) is 0 Å². The van der Waals surface area contributed by atoms with Gasteiger partial charge < -0.3 is 5.32 Å². The number of ketones is 1. The van der Waals surface area contributed by atoms with Crippen molar-refractivity contribution in [1.82, 2.24) is 10.2 Å². The molecule has 0 atom stereocenters. The third-order valence-corrected chi connectivity index (χ3v) is 4.70. The van der Waals surface area contributed by atoms with Gasteiger partial charge in [0.15, 0.2) is 0 Å². The Balaban J connectivity index is 1.73. The molecule has 2 rings (SSSR count). The van der Waals surface area contributed by atoms with Crippen LogP contribution in [-0.4, -0.2) is 29.7 Å². The topological polar surface area (TPSA) is 49.4 Å². The van der Waals surface area contributed by atoms with Crippen LogP contribution in [0.4, 0.5) is 13.2 Å². The van der Waals surface area contributed by atoms with Crippen LogP contribution in [-0.2, 0) is 16.1 Å². The Kier molecular flexibility index (Phi) is 7.38. The Morgan fingerprint density at radius 2 is 1.81 bits per heavy atom. The third-order valence-electron chi connectivity index (χ3n) is 4.70. The van der Waals surface area contributed by atoms with Gasteiger partial charge in [0.25, 0.3) is 5.91 Å². The summed E-state index contributed by atoms with van der Waals surface area (Å²) < 4.78 is 40.4. The molecule has 0 aromatic heterocycles. The Bertz CT molecular complexity index is 648. The molecular weight excluding hydrogens is 345 g/mol. The summed E-state index contributed by atoms with van der Waals surface area (Å²) in [6.45, 7) is 4.82. The summed E-state index contributed by atoms with van der Waals surface area (Å²) in [4.78, 5) is 24.8. The number of likely N-dealkylation sites (tertiary alicyclic amines) is 1. The number of nitrogens with zero attached hydrogens (tertiary/aromatic N) is 1. The lowest BCUT2D eigenvalue weighted by molar-refractivity contribution is -0.137. The maximum absolute atomic E-state index is 13.7. The first kappa shape index (κ1) is 20.2. The number of nitrogens with one attached hydrogen (secondary N) is 1.